The molecule has 2 aromatic carbocycles. The lowest BCUT2D eigenvalue weighted by molar-refractivity contribution is 0.474. The molecule has 3 N–H and O–H groups in total. The van der Waals surface area contributed by atoms with E-state index in [4.69, 9.17) is 5.73 Å². The lowest BCUT2D eigenvalue weighted by atomic mass is 9.82. The molecule has 0 aliphatic rings. The molecule has 20 heavy (non-hydrogen) atoms. The molecule has 3 nitrogen and oxygen atoms in total. The lowest BCUT2D eigenvalue weighted by Crippen LogP contribution is -2.42. The fraction of sp³-hybridized carbons (Fsp3) is 0.294. The minimum absolute atomic E-state index is 0.103. The second kappa shape index (κ2) is 5.97. The highest BCUT2D eigenvalue weighted by Gasteiger charge is 2.26. The summed E-state index contributed by atoms with van der Waals surface area (Å²) in [6.07, 6.45) is 0. The second-order valence-electron chi connectivity index (χ2n) is 5.50. The molecule has 2 aromatic rings. The fourth-order valence-electron chi connectivity index (χ4n) is 2.44. The van der Waals surface area contributed by atoms with Crippen LogP contribution in [0.5, 0.6) is 5.75 Å². The zero-order chi connectivity index (χ0) is 14.6. The normalized spacial score (nSPS) is 13.8. The third-order valence-electron chi connectivity index (χ3n) is 3.80. The van der Waals surface area contributed by atoms with Gasteiger partial charge < -0.3 is 15.7 Å². The van der Waals surface area contributed by atoms with Gasteiger partial charge in [0.2, 0.25) is 0 Å². The van der Waals surface area contributed by atoms with Crippen molar-refractivity contribution in [3.05, 3.63) is 60.2 Å². The number of nitrogens with two attached hydrogens (primary N) is 1. The van der Waals surface area contributed by atoms with E-state index in [0.29, 0.717) is 6.54 Å². The van der Waals surface area contributed by atoms with E-state index in [0.717, 1.165) is 12.2 Å². The number of rotatable bonds is 5. The van der Waals surface area contributed by atoms with Gasteiger partial charge in [-0.3, -0.25) is 0 Å². The third-order valence-corrected chi connectivity index (χ3v) is 3.80. The van der Waals surface area contributed by atoms with Crippen LogP contribution in [0, 0.1) is 0 Å². The Kier molecular flexibility index (Phi) is 4.30. The van der Waals surface area contributed by atoms with Crippen molar-refractivity contribution in [3.8, 4) is 5.75 Å². The Balaban J connectivity index is 2.19. The molecule has 0 fully saturated rings. The van der Waals surface area contributed by atoms with Crippen LogP contribution in [0.1, 0.15) is 12.5 Å². The van der Waals surface area contributed by atoms with Gasteiger partial charge in [-0.2, -0.15) is 0 Å². The third kappa shape index (κ3) is 3.11. The van der Waals surface area contributed by atoms with Gasteiger partial charge in [0.1, 0.15) is 5.75 Å². The van der Waals surface area contributed by atoms with Gasteiger partial charge in [0.15, 0.2) is 0 Å². The smallest absolute Gasteiger partial charge is 0.115 e. The molecule has 0 aliphatic carbocycles. The molecule has 1 atom stereocenters. The van der Waals surface area contributed by atoms with Crippen LogP contribution in [-0.4, -0.2) is 25.2 Å². The summed E-state index contributed by atoms with van der Waals surface area (Å²) in [5.41, 5.74) is 8.23. The summed E-state index contributed by atoms with van der Waals surface area (Å²) < 4.78 is 0. The highest BCUT2D eigenvalue weighted by Crippen LogP contribution is 2.26. The number of phenols is 1. The van der Waals surface area contributed by atoms with Gasteiger partial charge in [-0.1, -0.05) is 37.3 Å². The first-order chi connectivity index (χ1) is 9.55. The molecule has 0 aliphatic heterocycles. The topological polar surface area (TPSA) is 49.5 Å². The second-order valence-corrected chi connectivity index (χ2v) is 5.50. The Morgan fingerprint density at radius 2 is 1.65 bits per heavy atom. The summed E-state index contributed by atoms with van der Waals surface area (Å²) in [4.78, 5) is 2.17. The average molecular weight is 270 g/mol. The van der Waals surface area contributed by atoms with Gasteiger partial charge in [-0.25, -0.2) is 0 Å². The van der Waals surface area contributed by atoms with Gasteiger partial charge in [-0.15, -0.1) is 0 Å². The summed E-state index contributed by atoms with van der Waals surface area (Å²) in [6, 6.07) is 17.6. The number of benzene rings is 2. The largest absolute Gasteiger partial charge is 0.508 e. The van der Waals surface area contributed by atoms with Crippen LogP contribution in [0.25, 0.3) is 0 Å². The Hall–Kier alpha value is -2.00. The maximum Gasteiger partial charge on any atom is 0.115 e. The van der Waals surface area contributed by atoms with Crippen molar-refractivity contribution in [2.45, 2.75) is 12.3 Å². The molecule has 2 rings (SSSR count). The predicted molar refractivity (Wildman–Crippen MR) is 84.2 cm³/mol. The van der Waals surface area contributed by atoms with Gasteiger partial charge in [0, 0.05) is 31.2 Å². The minimum Gasteiger partial charge on any atom is -0.508 e. The highest BCUT2D eigenvalue weighted by molar-refractivity contribution is 5.49. The summed E-state index contributed by atoms with van der Waals surface area (Å²) in [7, 11) is 2.04. The Morgan fingerprint density at radius 3 is 2.20 bits per heavy atom. The molecule has 1 unspecified atom stereocenters. The average Bonchev–Trinajstić information content (AvgIpc) is 2.48. The molecule has 0 radical (unpaired) electrons. The van der Waals surface area contributed by atoms with E-state index in [1.54, 1.807) is 12.1 Å². The van der Waals surface area contributed by atoms with E-state index >= 15 is 0 Å². The zero-order valence-corrected chi connectivity index (χ0v) is 12.1. The summed E-state index contributed by atoms with van der Waals surface area (Å²) in [6.45, 7) is 3.58. The van der Waals surface area contributed by atoms with Crippen molar-refractivity contribution in [1.82, 2.24) is 0 Å². The lowest BCUT2D eigenvalue weighted by Gasteiger charge is -2.34. The fourth-order valence-corrected chi connectivity index (χ4v) is 2.44. The number of phenolic OH excluding ortho intramolecular Hbond substituents is 1. The van der Waals surface area contributed by atoms with Gasteiger partial charge in [0.25, 0.3) is 0 Å². The number of likely N-dealkylation sites (N-methyl/N-ethyl adjacent to an activating group) is 1. The molecule has 0 bridgehead atoms. The standard InChI is InChI=1S/C17H22N2O/c1-17(12-18,14-6-4-3-5-7-14)13-19(2)15-8-10-16(20)11-9-15/h3-11,20H,12-13,18H2,1-2H3. The summed E-state index contributed by atoms with van der Waals surface area (Å²) >= 11 is 0. The Bertz CT molecular complexity index is 539. The van der Waals surface area contributed by atoms with Crippen molar-refractivity contribution >= 4 is 5.69 Å². The van der Waals surface area contributed by atoms with Crippen LogP contribution < -0.4 is 10.6 Å². The number of hydrogen-bond acceptors (Lipinski definition) is 3. The molecule has 0 saturated carbocycles. The van der Waals surface area contributed by atoms with Crippen molar-refractivity contribution in [1.29, 1.82) is 0 Å². The first-order valence-corrected chi connectivity index (χ1v) is 6.81. The molecular weight excluding hydrogens is 248 g/mol. The Labute approximate surface area is 120 Å². The highest BCUT2D eigenvalue weighted by atomic mass is 16.3. The minimum atomic E-state index is -0.103. The van der Waals surface area contributed by atoms with Crippen LogP contribution in [0.15, 0.2) is 54.6 Å². The van der Waals surface area contributed by atoms with Gasteiger partial charge >= 0.3 is 0 Å². The number of hydrogen-bond donors (Lipinski definition) is 2. The van der Waals surface area contributed by atoms with E-state index in [2.05, 4.69) is 24.0 Å². The summed E-state index contributed by atoms with van der Waals surface area (Å²) in [5.74, 6) is 0.284. The first-order valence-electron chi connectivity index (χ1n) is 6.81. The van der Waals surface area contributed by atoms with Crippen LogP contribution in [-0.2, 0) is 5.41 Å². The quantitative estimate of drug-likeness (QED) is 0.878. The van der Waals surface area contributed by atoms with Crippen LogP contribution in [0.4, 0.5) is 5.69 Å². The maximum absolute atomic E-state index is 9.36. The van der Waals surface area contributed by atoms with E-state index in [-0.39, 0.29) is 11.2 Å². The van der Waals surface area contributed by atoms with Crippen molar-refractivity contribution in [2.24, 2.45) is 5.73 Å². The number of nitrogens with zero attached hydrogens (tertiary/aromatic N) is 1. The van der Waals surface area contributed by atoms with Gasteiger partial charge in [-0.05, 0) is 29.8 Å². The molecule has 0 aromatic heterocycles. The molecular formula is C17H22N2O. The van der Waals surface area contributed by atoms with E-state index in [9.17, 15) is 5.11 Å². The van der Waals surface area contributed by atoms with Crippen LogP contribution in [0.3, 0.4) is 0 Å². The van der Waals surface area contributed by atoms with E-state index in [1.165, 1.54) is 5.56 Å². The monoisotopic (exact) mass is 270 g/mol. The SMILES string of the molecule is CN(CC(C)(CN)c1ccccc1)c1ccc(O)cc1. The molecule has 0 spiro atoms. The van der Waals surface area contributed by atoms with Gasteiger partial charge in [0.05, 0.1) is 0 Å². The zero-order valence-electron chi connectivity index (χ0n) is 12.1. The number of anilines is 1. The molecule has 0 amide bonds. The van der Waals surface area contributed by atoms with E-state index < -0.39 is 0 Å². The first kappa shape index (κ1) is 14.4. The van der Waals surface area contributed by atoms with E-state index in [1.807, 2.05) is 37.4 Å². The number of aromatic hydroxyl groups is 1. The molecule has 0 heterocycles. The van der Waals surface area contributed by atoms with Crippen LogP contribution in [0.2, 0.25) is 0 Å². The Morgan fingerprint density at radius 1 is 1.05 bits per heavy atom. The predicted octanol–water partition coefficient (Wildman–Crippen LogP) is 2.75. The van der Waals surface area contributed by atoms with Crippen molar-refractivity contribution < 1.29 is 5.11 Å². The molecule has 106 valence electrons. The molecule has 3 heteroatoms. The van der Waals surface area contributed by atoms with Crippen molar-refractivity contribution in [2.75, 3.05) is 25.0 Å². The summed E-state index contributed by atoms with van der Waals surface area (Å²) in [5, 5.41) is 9.36. The van der Waals surface area contributed by atoms with Crippen molar-refractivity contribution in [3.63, 3.8) is 0 Å². The van der Waals surface area contributed by atoms with Crippen LogP contribution >= 0.6 is 0 Å². The maximum atomic E-state index is 9.36. The molecule has 0 saturated heterocycles.